The van der Waals surface area contributed by atoms with E-state index in [1.54, 1.807) is 20.8 Å². The molecule has 0 aliphatic carbocycles. The number of carboxylic acid groups (broad SMARTS) is 1. The second-order valence-corrected chi connectivity index (χ2v) is 8.86. The van der Waals surface area contributed by atoms with E-state index in [1.165, 1.54) is 0 Å². The van der Waals surface area contributed by atoms with E-state index < -0.39 is 66.1 Å². The van der Waals surface area contributed by atoms with Crippen LogP contribution in [0.5, 0.6) is 0 Å². The monoisotopic (exact) mass is 514 g/mol. The molecule has 12 N–H and O–H groups in total. The molecule has 36 heavy (non-hydrogen) atoms. The van der Waals surface area contributed by atoms with Crippen molar-refractivity contribution in [2.75, 3.05) is 6.54 Å². The number of hydrogen-bond acceptors (Lipinski definition) is 7. The molecule has 0 radical (unpaired) electrons. The van der Waals surface area contributed by atoms with Crippen LogP contribution in [-0.2, 0) is 24.0 Å². The Morgan fingerprint density at radius 1 is 0.833 bits per heavy atom. The lowest BCUT2D eigenvalue weighted by atomic mass is 9.98. The van der Waals surface area contributed by atoms with Crippen molar-refractivity contribution in [2.45, 2.75) is 84.0 Å². The fraction of sp³-hybridized carbons (Fsp3) is 0.727. The van der Waals surface area contributed by atoms with Crippen molar-refractivity contribution < 1.29 is 29.1 Å². The Morgan fingerprint density at radius 2 is 1.36 bits per heavy atom. The first-order chi connectivity index (χ1) is 16.7. The van der Waals surface area contributed by atoms with Gasteiger partial charge < -0.3 is 44.0 Å². The van der Waals surface area contributed by atoms with Gasteiger partial charge in [-0.2, -0.15) is 0 Å². The van der Waals surface area contributed by atoms with E-state index in [0.717, 1.165) is 0 Å². The smallest absolute Gasteiger partial charge is 0.326 e. The number of primary amides is 1. The minimum atomic E-state index is -1.46. The molecule has 0 heterocycles. The molecule has 0 fully saturated rings. The van der Waals surface area contributed by atoms with Crippen molar-refractivity contribution in [3.05, 3.63) is 0 Å². The number of carbonyl (C=O) groups excluding carboxylic acids is 4. The van der Waals surface area contributed by atoms with Crippen LogP contribution < -0.4 is 38.9 Å². The summed E-state index contributed by atoms with van der Waals surface area (Å²) >= 11 is 0. The molecule has 0 saturated carbocycles. The third kappa shape index (κ3) is 11.8. The Bertz CT molecular complexity index is 801. The molecule has 14 nitrogen and oxygen atoms in total. The fourth-order valence-electron chi connectivity index (χ4n) is 3.17. The Hall–Kier alpha value is -3.42. The maximum Gasteiger partial charge on any atom is 0.326 e. The number of hydrogen-bond donors (Lipinski definition) is 8. The minimum absolute atomic E-state index is 0.0944. The predicted octanol–water partition coefficient (Wildman–Crippen LogP) is -2.13. The molecule has 0 saturated heterocycles. The van der Waals surface area contributed by atoms with E-state index >= 15 is 0 Å². The number of amides is 4. The second-order valence-electron chi connectivity index (χ2n) is 8.86. The van der Waals surface area contributed by atoms with E-state index in [4.69, 9.17) is 22.9 Å². The summed E-state index contributed by atoms with van der Waals surface area (Å²) in [4.78, 5) is 65.5. The van der Waals surface area contributed by atoms with Gasteiger partial charge in [0.15, 0.2) is 5.96 Å². The molecule has 0 aromatic heterocycles. The van der Waals surface area contributed by atoms with E-state index in [1.807, 2.05) is 6.92 Å². The van der Waals surface area contributed by atoms with Gasteiger partial charge in [0, 0.05) is 6.54 Å². The SMILES string of the molecule is CCC(C)C(N)C(=O)NC(CCCN=C(N)N)C(=O)NC(CC(N)=O)C(=O)NC(C(=O)O)C(C)CC. The van der Waals surface area contributed by atoms with Crippen LogP contribution in [0.3, 0.4) is 0 Å². The van der Waals surface area contributed by atoms with E-state index in [2.05, 4.69) is 20.9 Å². The van der Waals surface area contributed by atoms with Gasteiger partial charge in [0.2, 0.25) is 23.6 Å². The molecule has 0 aliphatic rings. The van der Waals surface area contributed by atoms with Gasteiger partial charge in [-0.05, 0) is 24.7 Å². The van der Waals surface area contributed by atoms with Crippen molar-refractivity contribution in [3.8, 4) is 0 Å². The van der Waals surface area contributed by atoms with Gasteiger partial charge in [0.25, 0.3) is 0 Å². The van der Waals surface area contributed by atoms with Crippen molar-refractivity contribution >= 4 is 35.6 Å². The standard InChI is InChI=1S/C22H42N8O6/c1-5-11(3)16(24)20(34)28-13(8-7-9-27-22(25)26)18(32)29-14(10-15(23)31)19(33)30-17(21(35)36)12(4)6-2/h11-14,16-17H,5-10,24H2,1-4H3,(H2,23,31)(H,28,34)(H,29,32)(H,30,33)(H,35,36)(H4,25,26,27). The maximum atomic E-state index is 13.1. The number of rotatable bonds is 17. The van der Waals surface area contributed by atoms with Crippen LogP contribution in [0.4, 0.5) is 0 Å². The normalized spacial score (nSPS) is 15.8. The number of nitrogens with two attached hydrogens (primary N) is 4. The summed E-state index contributed by atoms with van der Waals surface area (Å²) in [6.07, 6.45) is 0.918. The van der Waals surface area contributed by atoms with Crippen LogP contribution in [0.1, 0.15) is 59.8 Å². The van der Waals surface area contributed by atoms with Gasteiger partial charge >= 0.3 is 5.97 Å². The highest BCUT2D eigenvalue weighted by atomic mass is 16.4. The Morgan fingerprint density at radius 3 is 1.83 bits per heavy atom. The van der Waals surface area contributed by atoms with Crippen molar-refractivity contribution in [2.24, 2.45) is 39.8 Å². The van der Waals surface area contributed by atoms with Gasteiger partial charge in [-0.1, -0.05) is 40.5 Å². The molecule has 0 spiro atoms. The van der Waals surface area contributed by atoms with Crippen LogP contribution in [0.25, 0.3) is 0 Å². The largest absolute Gasteiger partial charge is 0.480 e. The maximum absolute atomic E-state index is 13.1. The highest BCUT2D eigenvalue weighted by Gasteiger charge is 2.33. The van der Waals surface area contributed by atoms with Crippen LogP contribution in [0.15, 0.2) is 4.99 Å². The van der Waals surface area contributed by atoms with Crippen LogP contribution in [0.2, 0.25) is 0 Å². The number of carbonyl (C=O) groups is 5. The molecule has 0 bridgehead atoms. The summed E-state index contributed by atoms with van der Waals surface area (Å²) in [5.74, 6) is -5.09. The quantitative estimate of drug-likeness (QED) is 0.0598. The molecular weight excluding hydrogens is 472 g/mol. The Balaban J connectivity index is 5.71. The average molecular weight is 515 g/mol. The molecule has 0 aromatic carbocycles. The van der Waals surface area contributed by atoms with Gasteiger partial charge in [-0.3, -0.25) is 24.2 Å². The van der Waals surface area contributed by atoms with Gasteiger partial charge in [-0.25, -0.2) is 4.79 Å². The first-order valence-corrected chi connectivity index (χ1v) is 12.0. The van der Waals surface area contributed by atoms with Gasteiger partial charge in [0.1, 0.15) is 18.1 Å². The molecule has 206 valence electrons. The molecule has 14 heteroatoms. The molecule has 0 aromatic rings. The summed E-state index contributed by atoms with van der Waals surface area (Å²) in [5, 5.41) is 16.8. The summed E-state index contributed by atoms with van der Waals surface area (Å²) in [6.45, 7) is 7.24. The van der Waals surface area contributed by atoms with Crippen LogP contribution in [-0.4, -0.2) is 71.4 Å². The third-order valence-corrected chi connectivity index (χ3v) is 5.95. The number of nitrogens with zero attached hydrogens (tertiary/aromatic N) is 1. The van der Waals surface area contributed by atoms with E-state index in [-0.39, 0.29) is 24.8 Å². The molecule has 6 atom stereocenters. The zero-order chi connectivity index (χ0) is 28.0. The lowest BCUT2D eigenvalue weighted by molar-refractivity contribution is -0.144. The summed E-state index contributed by atoms with van der Waals surface area (Å²) in [5.41, 5.74) is 21.8. The highest BCUT2D eigenvalue weighted by Crippen LogP contribution is 2.10. The van der Waals surface area contributed by atoms with E-state index in [9.17, 15) is 29.1 Å². The molecular formula is C22H42N8O6. The predicted molar refractivity (Wildman–Crippen MR) is 134 cm³/mol. The molecule has 0 aliphatic heterocycles. The zero-order valence-electron chi connectivity index (χ0n) is 21.5. The fourth-order valence-corrected chi connectivity index (χ4v) is 3.17. The van der Waals surface area contributed by atoms with Crippen molar-refractivity contribution in [1.29, 1.82) is 0 Å². The number of aliphatic carboxylic acids is 1. The van der Waals surface area contributed by atoms with Crippen LogP contribution >= 0.6 is 0 Å². The topological polar surface area (TPSA) is 258 Å². The number of aliphatic imine (C=N–C) groups is 1. The minimum Gasteiger partial charge on any atom is -0.480 e. The summed E-state index contributed by atoms with van der Waals surface area (Å²) in [6, 6.07) is -4.70. The van der Waals surface area contributed by atoms with Crippen molar-refractivity contribution in [3.63, 3.8) is 0 Å². The number of guanidine groups is 1. The van der Waals surface area contributed by atoms with Crippen molar-refractivity contribution in [1.82, 2.24) is 16.0 Å². The lowest BCUT2D eigenvalue weighted by Crippen LogP contribution is -2.58. The Kier molecular flexibility index (Phi) is 14.7. The first-order valence-electron chi connectivity index (χ1n) is 12.0. The summed E-state index contributed by atoms with van der Waals surface area (Å²) in [7, 11) is 0. The summed E-state index contributed by atoms with van der Waals surface area (Å²) < 4.78 is 0. The second kappa shape index (κ2) is 16.3. The molecule has 4 amide bonds. The average Bonchev–Trinajstić information content (AvgIpc) is 2.81. The van der Waals surface area contributed by atoms with E-state index in [0.29, 0.717) is 19.3 Å². The lowest BCUT2D eigenvalue weighted by Gasteiger charge is -2.26. The number of nitrogens with one attached hydrogen (secondary N) is 3. The molecule has 6 unspecified atom stereocenters. The third-order valence-electron chi connectivity index (χ3n) is 5.95. The van der Waals surface area contributed by atoms with Gasteiger partial charge in [-0.15, -0.1) is 0 Å². The highest BCUT2D eigenvalue weighted by molar-refractivity contribution is 5.96. The number of carboxylic acids is 1. The zero-order valence-corrected chi connectivity index (χ0v) is 21.5. The first kappa shape index (κ1) is 32.6. The van der Waals surface area contributed by atoms with Gasteiger partial charge in [0.05, 0.1) is 12.5 Å². The Labute approximate surface area is 211 Å². The van der Waals surface area contributed by atoms with Crippen LogP contribution in [0, 0.1) is 11.8 Å². The molecule has 0 rings (SSSR count).